The maximum atomic E-state index is 15.0. The minimum Gasteiger partial charge on any atom is -0.481 e. The summed E-state index contributed by atoms with van der Waals surface area (Å²) in [6.07, 6.45) is 1.17. The summed E-state index contributed by atoms with van der Waals surface area (Å²) in [5.41, 5.74) is 7.75. The van der Waals surface area contributed by atoms with E-state index in [1.54, 1.807) is 49.9 Å². The van der Waals surface area contributed by atoms with Gasteiger partial charge >= 0.3 is 23.9 Å². The average molecular weight is 1520 g/mol. The van der Waals surface area contributed by atoms with Gasteiger partial charge in [-0.05, 0) is 81.4 Å². The van der Waals surface area contributed by atoms with E-state index < -0.39 is 151 Å². The van der Waals surface area contributed by atoms with Crippen LogP contribution in [0.5, 0.6) is 0 Å². The molecular formula is C71H106N14O19S2. The number of hydrogen-bond donors (Lipinski definition) is 13. The number of aliphatic hydroxyl groups excluding tert-OH is 1. The van der Waals surface area contributed by atoms with Gasteiger partial charge in [0.25, 0.3) is 0 Å². The number of fused-ring (bicyclic) bond motifs is 4. The van der Waals surface area contributed by atoms with Crippen LogP contribution in [0.4, 0.5) is 0 Å². The van der Waals surface area contributed by atoms with Crippen molar-refractivity contribution in [2.75, 3.05) is 110 Å². The van der Waals surface area contributed by atoms with Crippen molar-refractivity contribution in [1.82, 2.24) is 66.6 Å². The van der Waals surface area contributed by atoms with E-state index in [4.69, 9.17) is 5.73 Å². The molecule has 2 aromatic carbocycles. The van der Waals surface area contributed by atoms with Gasteiger partial charge in [0.05, 0.1) is 38.7 Å². The van der Waals surface area contributed by atoms with Crippen molar-refractivity contribution >= 4 is 106 Å². The highest BCUT2D eigenvalue weighted by Crippen LogP contribution is 2.28. The molecule has 14 N–H and O–H groups in total. The summed E-state index contributed by atoms with van der Waals surface area (Å²) < 4.78 is 0. The lowest BCUT2D eigenvalue weighted by Crippen LogP contribution is -2.62. The molecule has 0 spiro atoms. The fourth-order valence-electron chi connectivity index (χ4n) is 13.1. The molecule has 0 unspecified atom stereocenters. The van der Waals surface area contributed by atoms with Gasteiger partial charge in [-0.2, -0.15) is 23.5 Å². The van der Waals surface area contributed by atoms with Gasteiger partial charge in [-0.15, -0.1) is 0 Å². The molecule has 4 aliphatic heterocycles. The van der Waals surface area contributed by atoms with Gasteiger partial charge in [-0.25, -0.2) is 0 Å². The molecule has 0 aliphatic carbocycles. The van der Waals surface area contributed by atoms with Crippen LogP contribution in [-0.2, 0) is 85.1 Å². The highest BCUT2D eigenvalue weighted by molar-refractivity contribution is 7.98. The number of amides is 10. The van der Waals surface area contributed by atoms with E-state index in [0.29, 0.717) is 37.0 Å². The lowest BCUT2D eigenvalue weighted by molar-refractivity contribution is -0.148. The molecule has 9 atom stereocenters. The van der Waals surface area contributed by atoms with Crippen LogP contribution in [0.1, 0.15) is 120 Å². The summed E-state index contributed by atoms with van der Waals surface area (Å²) in [5, 5.41) is 69.2. The number of nitrogens with two attached hydrogens (primary N) is 1. The van der Waals surface area contributed by atoms with E-state index in [1.807, 2.05) is 31.2 Å². The van der Waals surface area contributed by atoms with Crippen LogP contribution in [0.25, 0.3) is 0 Å². The van der Waals surface area contributed by atoms with Crippen molar-refractivity contribution < 1.29 is 92.7 Å². The topological polar surface area (TPSA) is 470 Å². The number of aliphatic carboxylic acids is 4. The Kier molecular flexibility index (Phi) is 36.9. The Morgan fingerprint density at radius 2 is 1.12 bits per heavy atom. The second-order valence-corrected chi connectivity index (χ2v) is 29.4. The summed E-state index contributed by atoms with van der Waals surface area (Å²) in [6.45, 7) is 4.08. The largest absolute Gasteiger partial charge is 0.481 e. The summed E-state index contributed by atoms with van der Waals surface area (Å²) >= 11 is 2.64. The molecule has 35 heteroatoms. The fourth-order valence-corrected chi connectivity index (χ4v) is 15.1. The predicted molar refractivity (Wildman–Crippen MR) is 392 cm³/mol. The van der Waals surface area contributed by atoms with Crippen molar-refractivity contribution in [1.29, 1.82) is 0 Å². The van der Waals surface area contributed by atoms with E-state index in [1.165, 1.54) is 40.2 Å². The second-order valence-electron chi connectivity index (χ2n) is 27.3. The van der Waals surface area contributed by atoms with Crippen LogP contribution >= 0.6 is 23.5 Å². The van der Waals surface area contributed by atoms with E-state index in [2.05, 4.69) is 37.2 Å². The maximum Gasteiger partial charge on any atom is 0.317 e. The highest BCUT2D eigenvalue weighted by Gasteiger charge is 2.45. The van der Waals surface area contributed by atoms with Crippen LogP contribution < -0.4 is 43.0 Å². The Labute approximate surface area is 625 Å². The van der Waals surface area contributed by atoms with Crippen LogP contribution in [0.3, 0.4) is 0 Å². The molecule has 106 heavy (non-hydrogen) atoms. The first kappa shape index (κ1) is 86.4. The van der Waals surface area contributed by atoms with Crippen LogP contribution in [0.15, 0.2) is 54.6 Å². The number of hydrogen-bond acceptors (Lipinski definition) is 21. The number of aliphatic hydroxyl groups is 1. The normalized spacial score (nSPS) is 23.1. The monoisotopic (exact) mass is 1520 g/mol. The van der Waals surface area contributed by atoms with Gasteiger partial charge in [0.1, 0.15) is 42.3 Å². The zero-order valence-corrected chi connectivity index (χ0v) is 62.1. The Morgan fingerprint density at radius 1 is 0.575 bits per heavy atom. The Bertz CT molecular complexity index is 3290. The number of nitrogens with one attached hydrogen (secondary N) is 7. The highest BCUT2D eigenvalue weighted by atomic mass is 32.2. The number of thioether (sulfide) groups is 2. The quantitative estimate of drug-likeness (QED) is 0.0443. The molecule has 2 bridgehead atoms. The number of carbonyl (C=O) groups is 14. The van der Waals surface area contributed by atoms with E-state index in [-0.39, 0.29) is 160 Å². The third-order valence-electron chi connectivity index (χ3n) is 18.8. The second kappa shape index (κ2) is 45.2. The molecule has 33 nitrogen and oxygen atoms in total. The Balaban J connectivity index is 1.25. The van der Waals surface area contributed by atoms with Gasteiger partial charge in [0, 0.05) is 120 Å². The van der Waals surface area contributed by atoms with Gasteiger partial charge in [-0.3, -0.25) is 86.7 Å². The zero-order chi connectivity index (χ0) is 77.2. The first-order chi connectivity index (χ1) is 50.7. The maximum absolute atomic E-state index is 15.0. The van der Waals surface area contributed by atoms with Crippen molar-refractivity contribution in [2.24, 2.45) is 5.73 Å². The lowest BCUT2D eigenvalue weighted by atomic mass is 10.0. The molecule has 4 aliphatic rings. The Morgan fingerprint density at radius 3 is 1.68 bits per heavy atom. The summed E-state index contributed by atoms with van der Waals surface area (Å²) in [7, 11) is 0. The van der Waals surface area contributed by atoms with Gasteiger partial charge in [0.2, 0.25) is 59.1 Å². The zero-order valence-electron chi connectivity index (χ0n) is 60.5. The van der Waals surface area contributed by atoms with Gasteiger partial charge < -0.3 is 78.3 Å². The molecular weight excluding hydrogens is 1420 g/mol. The Hall–Kier alpha value is -8.48. The molecule has 586 valence electrons. The van der Waals surface area contributed by atoms with Crippen molar-refractivity contribution in [2.45, 2.75) is 176 Å². The first-order valence-electron chi connectivity index (χ1n) is 36.4. The summed E-state index contributed by atoms with van der Waals surface area (Å²) in [5.74, 6) is -11.0. The standard InChI is InChI=1S/C71H106N14O19S2/c1-3-4-6-21-58(88)75-54-45-106-43-49-17-11-16-48(35-49)42-105-44-53(67(100)74-50(37-60(90)91)18-9-10-24-73-59(89)38-80-27-29-81(39-61(92)93)31-33-83(41-63(96)97)34-32-82(30-28-80)40-62(94)95)78-66(99)52(36-47-14-7-5-8-15-47)77-65(98)51(22-23-57(72)87)76-69(102)64(46(2)86)79-68(101)55-19-12-25-84(55)71(104)56-20-13-26-85(56)70(54)103/h5,7-8,11,14-17,35,46,50-56,64,86H,3-4,6,9-10,12-13,18-34,36-45H2,1-2H3,(H2,72,87)(H,73,89)(H,74,100)(H,75,88)(H,76,102)(H,77,98)(H,78,99)(H,79,101)(H,90,91)(H,92,93)(H,94,95)(H,96,97)/t46-,50+,51+,52+,53+,54+,55+,56+,64+/m1/s1. The minimum atomic E-state index is -1.75. The number of carboxylic acids is 4. The minimum absolute atomic E-state index is 0.0871. The number of rotatable bonds is 28. The number of benzene rings is 2. The van der Waals surface area contributed by atoms with Crippen molar-refractivity contribution in [3.63, 3.8) is 0 Å². The first-order valence-corrected chi connectivity index (χ1v) is 38.7. The molecule has 0 aromatic heterocycles. The number of carbonyl (C=O) groups excluding carboxylic acids is 10. The van der Waals surface area contributed by atoms with Crippen LogP contribution in [0.2, 0.25) is 0 Å². The van der Waals surface area contributed by atoms with E-state index in [0.717, 1.165) is 24.0 Å². The molecule has 0 radical (unpaired) electrons. The number of unbranched alkanes of at least 4 members (excludes halogenated alkanes) is 3. The molecule has 3 fully saturated rings. The fraction of sp³-hybridized carbons (Fsp3) is 0.634. The third kappa shape index (κ3) is 30.4. The molecule has 3 saturated heterocycles. The smallest absolute Gasteiger partial charge is 0.317 e. The third-order valence-corrected chi connectivity index (χ3v) is 21.0. The molecule has 6 rings (SSSR count). The molecule has 0 saturated carbocycles. The van der Waals surface area contributed by atoms with Crippen molar-refractivity contribution in [3.05, 3.63) is 71.3 Å². The lowest BCUT2D eigenvalue weighted by Gasteiger charge is -2.33. The molecule has 4 heterocycles. The van der Waals surface area contributed by atoms with E-state index >= 15 is 0 Å². The van der Waals surface area contributed by atoms with Crippen LogP contribution in [-0.4, -0.2) is 302 Å². The number of carboxylic acid groups (broad SMARTS) is 4. The van der Waals surface area contributed by atoms with Crippen LogP contribution in [0, 0.1) is 0 Å². The molecule has 10 amide bonds. The predicted octanol–water partition coefficient (Wildman–Crippen LogP) is -1.24. The SMILES string of the molecule is CCCCCC(=O)N[C@H]1CSCc2cccc(c2)CSC[C@@H](C(=O)N[C@@H](CCCCNC(=O)CN2CCN(CC(=O)O)CCN(CC(=O)O)CCN(CC(=O)O)CC2)CC(=O)O)NC(=O)[C@H](Cc2ccccc2)NC(=O)[C@H](CCC(N)=O)NC(=O)[C@H]([C@@H](C)O)NC(=O)[C@@H]2CCCN2C(=O)[C@@H]2CCCN2C1=O. The average Bonchev–Trinajstić information content (AvgIpc) is 1.62. The van der Waals surface area contributed by atoms with E-state index in [9.17, 15) is 92.7 Å². The number of nitrogens with zero attached hydrogens (tertiary/aromatic N) is 6. The van der Waals surface area contributed by atoms with Gasteiger partial charge in [-0.1, -0.05) is 74.4 Å². The van der Waals surface area contributed by atoms with Crippen molar-refractivity contribution in [3.8, 4) is 0 Å². The number of primary amides is 1. The summed E-state index contributed by atoms with van der Waals surface area (Å²) in [6, 6.07) is 5.53. The summed E-state index contributed by atoms with van der Waals surface area (Å²) in [4.78, 5) is 199. The molecule has 2 aromatic rings. The van der Waals surface area contributed by atoms with Gasteiger partial charge in [0.15, 0.2) is 0 Å².